The number of hydrogen-bond acceptors (Lipinski definition) is 7. The number of esters is 1. The first kappa shape index (κ1) is 29.1. The van der Waals surface area contributed by atoms with E-state index in [4.69, 9.17) is 9.47 Å². The lowest BCUT2D eigenvalue weighted by Gasteiger charge is -2.27. The number of allylic oxidation sites excluding steroid dienone is 1. The van der Waals surface area contributed by atoms with E-state index in [0.29, 0.717) is 0 Å². The topological polar surface area (TPSA) is 163 Å². The molecule has 1 aromatic carbocycles. The van der Waals surface area contributed by atoms with Crippen molar-refractivity contribution in [1.82, 2.24) is 14.3 Å². The van der Waals surface area contributed by atoms with Crippen LogP contribution in [0.3, 0.4) is 0 Å². The summed E-state index contributed by atoms with van der Waals surface area (Å²) in [5.74, 6) is -1.49. The molecule has 1 aromatic rings. The van der Waals surface area contributed by atoms with Gasteiger partial charge >= 0.3 is 12.1 Å². The summed E-state index contributed by atoms with van der Waals surface area (Å²) < 4.78 is 40.4. The highest BCUT2D eigenvalue weighted by atomic mass is 32.2. The number of carbonyl (C=O) groups is 2. The summed E-state index contributed by atoms with van der Waals surface area (Å²) in [5.41, 5.74) is 7.52. The van der Waals surface area contributed by atoms with Crippen molar-refractivity contribution < 1.29 is 27.5 Å². The lowest BCUT2D eigenvalue weighted by atomic mass is 9.85. The van der Waals surface area contributed by atoms with Gasteiger partial charge in [-0.05, 0) is 51.1 Å². The van der Waals surface area contributed by atoms with E-state index in [0.717, 1.165) is 9.87 Å². The monoisotopic (exact) mass is 522 g/mol. The van der Waals surface area contributed by atoms with E-state index in [-0.39, 0.29) is 26.1 Å². The predicted octanol–water partition coefficient (Wildman–Crippen LogP) is 3.03. The maximum atomic E-state index is 13.2. The molecule has 36 heavy (non-hydrogen) atoms. The summed E-state index contributed by atoms with van der Waals surface area (Å²) in [6.45, 7) is 9.83. The van der Waals surface area contributed by atoms with E-state index < -0.39 is 51.9 Å². The first-order chi connectivity index (χ1) is 16.8. The van der Waals surface area contributed by atoms with Crippen molar-refractivity contribution in [3.63, 3.8) is 0 Å². The first-order valence-electron chi connectivity index (χ1n) is 11.5. The van der Waals surface area contributed by atoms with Crippen LogP contribution in [0, 0.1) is 5.92 Å². The molecule has 13 heteroatoms. The molecule has 1 aliphatic heterocycles. The molecule has 0 aliphatic carbocycles. The molecule has 3 atom stereocenters. The van der Waals surface area contributed by atoms with Gasteiger partial charge in [0.1, 0.15) is 12.2 Å². The van der Waals surface area contributed by atoms with Gasteiger partial charge in [-0.2, -0.15) is 17.4 Å². The Balaban J connectivity index is 2.14. The van der Waals surface area contributed by atoms with Gasteiger partial charge < -0.3 is 14.8 Å². The standard InChI is InChI=1S/C23H34N6O6S/c1-6-10-19-14-29(36(32,33)26-17(2)13-25-21(31)35-22(3,4)5)16-23(19,27-28-24)20(30)34-15-18-11-8-7-9-12-18/h6-9,11-12,17,19,26H,1,10,13-16H2,2-5H3,(H,25,31)/t17-,19+,23+/m1/s1. The second-order valence-electron chi connectivity index (χ2n) is 9.60. The molecule has 198 valence electrons. The zero-order chi connectivity index (χ0) is 27.0. The average Bonchev–Trinajstić information content (AvgIpc) is 3.16. The first-order valence-corrected chi connectivity index (χ1v) is 12.9. The van der Waals surface area contributed by atoms with Crippen LogP contribution in [0.15, 0.2) is 48.1 Å². The van der Waals surface area contributed by atoms with Crippen LogP contribution in [0.4, 0.5) is 4.79 Å². The highest BCUT2D eigenvalue weighted by Gasteiger charge is 2.55. The molecule has 2 N–H and O–H groups in total. The second kappa shape index (κ2) is 12.2. The second-order valence-corrected chi connectivity index (χ2v) is 11.3. The molecule has 0 aromatic heterocycles. The maximum absolute atomic E-state index is 13.2. The van der Waals surface area contributed by atoms with Gasteiger partial charge in [0.15, 0.2) is 5.54 Å². The number of rotatable bonds is 11. The third-order valence-corrected chi connectivity index (χ3v) is 7.06. The zero-order valence-electron chi connectivity index (χ0n) is 21.0. The Kier molecular flexibility index (Phi) is 9.88. The van der Waals surface area contributed by atoms with E-state index in [1.807, 2.05) is 6.07 Å². The Morgan fingerprint density at radius 3 is 2.61 bits per heavy atom. The smallest absolute Gasteiger partial charge is 0.407 e. The van der Waals surface area contributed by atoms with Gasteiger partial charge in [-0.25, -0.2) is 4.79 Å². The van der Waals surface area contributed by atoms with Gasteiger partial charge in [0.25, 0.3) is 10.2 Å². The van der Waals surface area contributed by atoms with Crippen molar-refractivity contribution in [2.24, 2.45) is 11.0 Å². The number of alkyl carbamates (subject to hydrolysis) is 1. The SMILES string of the molecule is C=CC[C@H]1CN(S(=O)(=O)N[C@H](C)CNC(=O)OC(C)(C)C)C[C@@]1(N=[N+]=[N-])C(=O)OCc1ccccc1. The van der Waals surface area contributed by atoms with Gasteiger partial charge in [-0.1, -0.05) is 41.5 Å². The Morgan fingerprint density at radius 1 is 1.36 bits per heavy atom. The molecule has 0 unspecified atom stereocenters. The normalized spacial score (nSPS) is 21.2. The fraction of sp³-hybridized carbons (Fsp3) is 0.565. The number of amides is 1. The molecule has 1 aliphatic rings. The lowest BCUT2D eigenvalue weighted by molar-refractivity contribution is -0.152. The van der Waals surface area contributed by atoms with Gasteiger partial charge in [0, 0.05) is 30.6 Å². The predicted molar refractivity (Wildman–Crippen MR) is 134 cm³/mol. The maximum Gasteiger partial charge on any atom is 0.407 e. The van der Waals surface area contributed by atoms with Crippen LogP contribution in [-0.4, -0.2) is 61.6 Å². The minimum Gasteiger partial charge on any atom is -0.460 e. The van der Waals surface area contributed by atoms with Crippen LogP contribution >= 0.6 is 0 Å². The number of carbonyl (C=O) groups excluding carboxylic acids is 2. The van der Waals surface area contributed by atoms with Crippen molar-refractivity contribution >= 4 is 22.3 Å². The van der Waals surface area contributed by atoms with Crippen molar-refractivity contribution in [2.45, 2.75) is 57.9 Å². The number of nitrogens with zero attached hydrogens (tertiary/aromatic N) is 4. The third kappa shape index (κ3) is 7.95. The Morgan fingerprint density at radius 2 is 2.03 bits per heavy atom. The molecule has 1 saturated heterocycles. The van der Waals surface area contributed by atoms with Gasteiger partial charge in [0.2, 0.25) is 0 Å². The Labute approximate surface area is 211 Å². The number of hydrogen-bond donors (Lipinski definition) is 2. The van der Waals surface area contributed by atoms with E-state index in [9.17, 15) is 23.5 Å². The van der Waals surface area contributed by atoms with Crippen molar-refractivity contribution in [3.05, 3.63) is 59.0 Å². The molecule has 12 nitrogen and oxygen atoms in total. The quantitative estimate of drug-likeness (QED) is 0.149. The Hall–Kier alpha value is -3.12. The highest BCUT2D eigenvalue weighted by molar-refractivity contribution is 7.87. The molecule has 1 heterocycles. The molecule has 2 rings (SSSR count). The fourth-order valence-electron chi connectivity index (χ4n) is 3.75. The van der Waals surface area contributed by atoms with Crippen LogP contribution in [0.2, 0.25) is 0 Å². The number of nitrogens with one attached hydrogen (secondary N) is 2. The van der Waals surface area contributed by atoms with Crippen LogP contribution in [-0.2, 0) is 31.1 Å². The summed E-state index contributed by atoms with van der Waals surface area (Å²) in [6, 6.07) is 8.26. The molecular formula is C23H34N6O6S. The number of azide groups is 1. The van der Waals surface area contributed by atoms with E-state index in [1.165, 1.54) is 6.08 Å². The highest BCUT2D eigenvalue weighted by Crippen LogP contribution is 2.37. The summed E-state index contributed by atoms with van der Waals surface area (Å²) in [4.78, 5) is 27.9. The molecular weight excluding hydrogens is 488 g/mol. The van der Waals surface area contributed by atoms with E-state index >= 15 is 0 Å². The van der Waals surface area contributed by atoms with E-state index in [2.05, 4.69) is 26.6 Å². The summed E-state index contributed by atoms with van der Waals surface area (Å²) in [6.07, 6.45) is 1.08. The van der Waals surface area contributed by atoms with Crippen molar-refractivity contribution in [3.8, 4) is 0 Å². The van der Waals surface area contributed by atoms with Crippen LogP contribution < -0.4 is 10.0 Å². The summed E-state index contributed by atoms with van der Waals surface area (Å²) >= 11 is 0. The summed E-state index contributed by atoms with van der Waals surface area (Å²) in [7, 11) is -4.12. The van der Waals surface area contributed by atoms with Gasteiger partial charge in [-0.15, -0.1) is 6.58 Å². The fourth-order valence-corrected chi connectivity index (χ4v) is 5.23. The molecule has 1 fully saturated rings. The van der Waals surface area contributed by atoms with Gasteiger partial charge in [-0.3, -0.25) is 4.79 Å². The molecule has 0 spiro atoms. The average molecular weight is 523 g/mol. The van der Waals surface area contributed by atoms with Gasteiger partial charge in [0.05, 0.1) is 0 Å². The van der Waals surface area contributed by atoms with Crippen molar-refractivity contribution in [1.29, 1.82) is 0 Å². The number of benzene rings is 1. The molecule has 0 radical (unpaired) electrons. The molecule has 1 amide bonds. The molecule has 0 saturated carbocycles. The Bertz CT molecular complexity index is 1080. The van der Waals surface area contributed by atoms with Crippen LogP contribution in [0.1, 0.15) is 39.7 Å². The summed E-state index contributed by atoms with van der Waals surface area (Å²) in [5, 5.41) is 6.26. The largest absolute Gasteiger partial charge is 0.460 e. The lowest BCUT2D eigenvalue weighted by Crippen LogP contribution is -2.50. The third-order valence-electron chi connectivity index (χ3n) is 5.40. The van der Waals surface area contributed by atoms with Crippen LogP contribution in [0.5, 0.6) is 0 Å². The minimum absolute atomic E-state index is 0.0291. The minimum atomic E-state index is -4.12. The zero-order valence-corrected chi connectivity index (χ0v) is 21.8. The van der Waals surface area contributed by atoms with Crippen molar-refractivity contribution in [2.75, 3.05) is 19.6 Å². The van der Waals surface area contributed by atoms with E-state index in [1.54, 1.807) is 52.0 Å². The molecule has 0 bridgehead atoms. The number of ether oxygens (including phenoxy) is 2. The van der Waals surface area contributed by atoms with Crippen LogP contribution in [0.25, 0.3) is 10.4 Å².